The van der Waals surface area contributed by atoms with Gasteiger partial charge in [-0.25, -0.2) is 18.3 Å². The highest BCUT2D eigenvalue weighted by Gasteiger charge is 2.25. The van der Waals surface area contributed by atoms with Crippen molar-refractivity contribution >= 4 is 22.6 Å². The van der Waals surface area contributed by atoms with Crippen LogP contribution in [0.1, 0.15) is 45.2 Å². The zero-order valence-corrected chi connectivity index (χ0v) is 14.4. The maximum Gasteiger partial charge on any atom is 0.218 e. The fourth-order valence-electron chi connectivity index (χ4n) is 1.73. The summed E-state index contributed by atoms with van der Waals surface area (Å²) in [6.45, 7) is 5.61. The highest BCUT2D eigenvalue weighted by Crippen LogP contribution is 2.28. The van der Waals surface area contributed by atoms with Gasteiger partial charge in [-0.3, -0.25) is 0 Å². The number of rotatable bonds is 7. The molecule has 0 amide bonds. The lowest BCUT2D eigenvalue weighted by Crippen LogP contribution is -2.36. The highest BCUT2D eigenvalue weighted by molar-refractivity contribution is 7.84. The lowest BCUT2D eigenvalue weighted by atomic mass is 10.0. The summed E-state index contributed by atoms with van der Waals surface area (Å²) in [5.41, 5.74) is 0.556. The Morgan fingerprint density at radius 1 is 1.52 bits per heavy atom. The molecule has 0 bridgehead atoms. The Hall–Kier alpha value is -0.720. The number of halogens is 2. The third-order valence-electron chi connectivity index (χ3n) is 2.85. The largest absolute Gasteiger partial charge is 0.481 e. The number of nitrogens with zero attached hydrogens (tertiary/aromatic N) is 1. The van der Waals surface area contributed by atoms with Gasteiger partial charge in [0, 0.05) is 17.5 Å². The first-order valence-electron chi connectivity index (χ1n) is 6.73. The molecule has 0 radical (unpaired) electrons. The monoisotopic (exact) mass is 336 g/mol. The summed E-state index contributed by atoms with van der Waals surface area (Å²) in [6.07, 6.45) is 2.43. The van der Waals surface area contributed by atoms with E-state index >= 15 is 0 Å². The molecule has 1 N–H and O–H groups in total. The number of alkyl halides is 1. The average molecular weight is 337 g/mol. The summed E-state index contributed by atoms with van der Waals surface area (Å²) >= 11 is 5.74. The van der Waals surface area contributed by atoms with E-state index in [1.54, 1.807) is 0 Å². The third-order valence-corrected chi connectivity index (χ3v) is 4.72. The molecule has 1 heterocycles. The van der Waals surface area contributed by atoms with Crippen LogP contribution in [-0.4, -0.2) is 26.9 Å². The van der Waals surface area contributed by atoms with E-state index in [-0.39, 0.29) is 6.04 Å². The average Bonchev–Trinajstić information content (AvgIpc) is 2.42. The lowest BCUT2D eigenvalue weighted by molar-refractivity contribution is 0.382. The summed E-state index contributed by atoms with van der Waals surface area (Å²) in [4.78, 5) is 3.93. The first kappa shape index (κ1) is 18.3. The zero-order chi connectivity index (χ0) is 16.0. The molecular weight excluding hydrogens is 315 g/mol. The van der Waals surface area contributed by atoms with Gasteiger partial charge in [-0.2, -0.15) is 0 Å². The number of hydrogen-bond donors (Lipinski definition) is 1. The van der Waals surface area contributed by atoms with Crippen molar-refractivity contribution in [2.75, 3.05) is 13.0 Å². The molecule has 4 nitrogen and oxygen atoms in total. The van der Waals surface area contributed by atoms with Gasteiger partial charge in [0.1, 0.15) is 5.82 Å². The van der Waals surface area contributed by atoms with Crippen LogP contribution >= 0.6 is 11.6 Å². The van der Waals surface area contributed by atoms with E-state index in [2.05, 4.69) is 9.71 Å². The second-order valence-corrected chi connectivity index (χ2v) is 8.01. The first-order chi connectivity index (χ1) is 9.79. The van der Waals surface area contributed by atoms with E-state index in [9.17, 15) is 8.60 Å². The third kappa shape index (κ3) is 5.52. The number of hydrogen-bond acceptors (Lipinski definition) is 3. The van der Waals surface area contributed by atoms with Crippen LogP contribution in [0.5, 0.6) is 5.88 Å². The van der Waals surface area contributed by atoms with Crippen molar-refractivity contribution in [1.82, 2.24) is 9.71 Å². The van der Waals surface area contributed by atoms with Gasteiger partial charge < -0.3 is 4.74 Å². The van der Waals surface area contributed by atoms with E-state index in [0.717, 1.165) is 6.20 Å². The minimum absolute atomic E-state index is 0.328. The van der Waals surface area contributed by atoms with Crippen LogP contribution in [0.4, 0.5) is 4.39 Å². The molecule has 120 valence electrons. The van der Waals surface area contributed by atoms with Gasteiger partial charge in [0.25, 0.3) is 0 Å². The Kier molecular flexibility index (Phi) is 7.03. The SMILES string of the molecule is COc1ncc(F)cc1[C@H](CCCCl)NS(=O)C(C)(C)C. The molecule has 1 rings (SSSR count). The van der Waals surface area contributed by atoms with Crippen molar-refractivity contribution in [2.24, 2.45) is 0 Å². The van der Waals surface area contributed by atoms with Crippen LogP contribution in [0.25, 0.3) is 0 Å². The number of pyridine rings is 1. The summed E-state index contributed by atoms with van der Waals surface area (Å²) in [6, 6.07) is 1.03. The fourth-order valence-corrected chi connectivity index (χ4v) is 2.74. The molecule has 1 aromatic heterocycles. The van der Waals surface area contributed by atoms with Crippen molar-refractivity contribution in [3.05, 3.63) is 23.6 Å². The smallest absolute Gasteiger partial charge is 0.218 e. The van der Waals surface area contributed by atoms with Crippen molar-refractivity contribution in [3.8, 4) is 5.88 Å². The Bertz CT molecular complexity index is 494. The van der Waals surface area contributed by atoms with E-state index in [1.807, 2.05) is 20.8 Å². The van der Waals surface area contributed by atoms with Gasteiger partial charge in [-0.05, 0) is 39.7 Å². The quantitative estimate of drug-likeness (QED) is 0.777. The van der Waals surface area contributed by atoms with E-state index < -0.39 is 21.5 Å². The molecule has 0 fully saturated rings. The number of nitrogens with one attached hydrogen (secondary N) is 1. The summed E-state index contributed by atoms with van der Waals surface area (Å²) in [7, 11) is 0.188. The lowest BCUT2D eigenvalue weighted by Gasteiger charge is -2.25. The van der Waals surface area contributed by atoms with E-state index in [0.29, 0.717) is 30.2 Å². The van der Waals surface area contributed by atoms with Crippen molar-refractivity contribution in [2.45, 2.75) is 44.4 Å². The minimum atomic E-state index is -1.29. The second kappa shape index (κ2) is 8.06. The zero-order valence-electron chi connectivity index (χ0n) is 12.8. The maximum atomic E-state index is 13.5. The number of aromatic nitrogens is 1. The van der Waals surface area contributed by atoms with Crippen LogP contribution in [0.3, 0.4) is 0 Å². The maximum absolute atomic E-state index is 13.5. The summed E-state index contributed by atoms with van der Waals surface area (Å²) in [5, 5.41) is 0. The number of methoxy groups -OCH3 is 1. The van der Waals surface area contributed by atoms with Crippen molar-refractivity contribution < 1.29 is 13.3 Å². The van der Waals surface area contributed by atoms with Crippen molar-refractivity contribution in [3.63, 3.8) is 0 Å². The molecule has 1 unspecified atom stereocenters. The van der Waals surface area contributed by atoms with Crippen LogP contribution in [-0.2, 0) is 11.0 Å². The predicted molar refractivity (Wildman–Crippen MR) is 84.5 cm³/mol. The molecule has 0 aliphatic carbocycles. The van der Waals surface area contributed by atoms with Gasteiger partial charge in [0.2, 0.25) is 5.88 Å². The normalized spacial score (nSPS) is 14.8. The summed E-state index contributed by atoms with van der Waals surface area (Å²) in [5.74, 6) is 0.352. The Morgan fingerprint density at radius 3 is 2.71 bits per heavy atom. The second-order valence-electron chi connectivity index (χ2n) is 5.63. The van der Waals surface area contributed by atoms with E-state index in [1.165, 1.54) is 13.2 Å². The first-order valence-corrected chi connectivity index (χ1v) is 8.41. The standard InChI is InChI=1S/C14H22ClFN2O2S/c1-14(2,3)21(19)18-12(6-5-7-15)11-8-10(16)9-17-13(11)20-4/h8-9,12,18H,5-7H2,1-4H3/t12-,21?/m0/s1. The molecule has 0 spiro atoms. The van der Waals surface area contributed by atoms with E-state index in [4.69, 9.17) is 16.3 Å². The minimum Gasteiger partial charge on any atom is -0.481 e. The molecule has 7 heteroatoms. The molecule has 0 aromatic carbocycles. The van der Waals surface area contributed by atoms with Gasteiger partial charge in [0.05, 0.1) is 29.0 Å². The van der Waals surface area contributed by atoms with Crippen LogP contribution in [0.15, 0.2) is 12.3 Å². The van der Waals surface area contributed by atoms with Crippen molar-refractivity contribution in [1.29, 1.82) is 0 Å². The predicted octanol–water partition coefficient (Wildman–Crippen LogP) is 3.34. The molecule has 0 saturated heterocycles. The van der Waals surface area contributed by atoms with Crippen LogP contribution in [0.2, 0.25) is 0 Å². The van der Waals surface area contributed by atoms with Gasteiger partial charge in [-0.15, -0.1) is 11.6 Å². The molecule has 21 heavy (non-hydrogen) atoms. The van der Waals surface area contributed by atoms with Gasteiger partial charge >= 0.3 is 0 Å². The molecule has 1 aromatic rings. The Morgan fingerprint density at radius 2 is 2.19 bits per heavy atom. The topological polar surface area (TPSA) is 51.2 Å². The molecule has 0 aliphatic rings. The van der Waals surface area contributed by atoms with Gasteiger partial charge in [-0.1, -0.05) is 0 Å². The molecular formula is C14H22ClFN2O2S. The molecule has 0 aliphatic heterocycles. The fraction of sp³-hybridized carbons (Fsp3) is 0.643. The highest BCUT2D eigenvalue weighted by atomic mass is 35.5. The van der Waals surface area contributed by atoms with Crippen LogP contribution in [0, 0.1) is 5.82 Å². The van der Waals surface area contributed by atoms with Gasteiger partial charge in [0.15, 0.2) is 0 Å². The Balaban J connectivity index is 3.07. The summed E-state index contributed by atoms with van der Waals surface area (Å²) < 4.78 is 33.6. The number of ether oxygens (including phenoxy) is 1. The molecule has 2 atom stereocenters. The van der Waals surface area contributed by atoms with Crippen LogP contribution < -0.4 is 9.46 Å². The molecule has 0 saturated carbocycles. The Labute approximate surface area is 133 Å².